The predicted octanol–water partition coefficient (Wildman–Crippen LogP) is 3.80. The molecule has 0 bridgehead atoms. The third-order valence-corrected chi connectivity index (χ3v) is 4.07. The topological polar surface area (TPSA) is 34.2 Å². The number of thioether (sulfide) groups is 1. The molecule has 3 nitrogen and oxygen atoms in total. The van der Waals surface area contributed by atoms with Crippen LogP contribution >= 0.6 is 11.8 Å². The SMILES string of the molecule is CCSCC(C)Nc1nccc2cc(OC)ccc12. The Morgan fingerprint density at radius 2 is 2.21 bits per heavy atom. The zero-order valence-electron chi connectivity index (χ0n) is 11.6. The molecule has 0 saturated heterocycles. The van der Waals surface area contributed by atoms with Gasteiger partial charge in [0.15, 0.2) is 0 Å². The predicted molar refractivity (Wildman–Crippen MR) is 84.4 cm³/mol. The van der Waals surface area contributed by atoms with Crippen molar-refractivity contribution in [1.29, 1.82) is 0 Å². The number of benzene rings is 1. The van der Waals surface area contributed by atoms with Gasteiger partial charge < -0.3 is 10.1 Å². The summed E-state index contributed by atoms with van der Waals surface area (Å²) in [4.78, 5) is 4.45. The van der Waals surface area contributed by atoms with Crippen molar-refractivity contribution in [3.8, 4) is 5.75 Å². The third-order valence-electron chi connectivity index (χ3n) is 2.93. The van der Waals surface area contributed by atoms with E-state index >= 15 is 0 Å². The molecule has 0 amide bonds. The van der Waals surface area contributed by atoms with E-state index in [4.69, 9.17) is 4.74 Å². The van der Waals surface area contributed by atoms with Crippen LogP contribution in [0, 0.1) is 0 Å². The van der Waals surface area contributed by atoms with E-state index in [2.05, 4.69) is 30.2 Å². The van der Waals surface area contributed by atoms with Crippen molar-refractivity contribution in [2.45, 2.75) is 19.9 Å². The van der Waals surface area contributed by atoms with E-state index < -0.39 is 0 Å². The Morgan fingerprint density at radius 3 is 2.95 bits per heavy atom. The van der Waals surface area contributed by atoms with Gasteiger partial charge in [-0.1, -0.05) is 6.92 Å². The van der Waals surface area contributed by atoms with Crippen LogP contribution in [0.3, 0.4) is 0 Å². The number of hydrogen-bond donors (Lipinski definition) is 1. The summed E-state index contributed by atoms with van der Waals surface area (Å²) in [7, 11) is 1.69. The second-order valence-corrected chi connectivity index (χ2v) is 5.77. The summed E-state index contributed by atoms with van der Waals surface area (Å²) in [5.41, 5.74) is 0. The second-order valence-electron chi connectivity index (χ2n) is 4.45. The van der Waals surface area contributed by atoms with Crippen molar-refractivity contribution in [3.63, 3.8) is 0 Å². The number of rotatable bonds is 6. The highest BCUT2D eigenvalue weighted by Gasteiger charge is 2.07. The zero-order valence-corrected chi connectivity index (χ0v) is 12.5. The van der Waals surface area contributed by atoms with Gasteiger partial charge in [0, 0.05) is 23.4 Å². The average Bonchev–Trinajstić information content (AvgIpc) is 2.44. The van der Waals surface area contributed by atoms with Gasteiger partial charge in [-0.2, -0.15) is 11.8 Å². The average molecular weight is 276 g/mol. The maximum absolute atomic E-state index is 5.25. The number of hydrogen-bond acceptors (Lipinski definition) is 4. The summed E-state index contributed by atoms with van der Waals surface area (Å²) in [6, 6.07) is 8.48. The van der Waals surface area contributed by atoms with Crippen LogP contribution in [0.2, 0.25) is 0 Å². The first-order valence-electron chi connectivity index (χ1n) is 6.51. The van der Waals surface area contributed by atoms with Gasteiger partial charge in [-0.05, 0) is 42.3 Å². The molecule has 2 aromatic rings. The molecule has 0 aliphatic carbocycles. The molecule has 0 radical (unpaired) electrons. The van der Waals surface area contributed by atoms with E-state index in [1.54, 1.807) is 7.11 Å². The minimum absolute atomic E-state index is 0.408. The number of nitrogens with one attached hydrogen (secondary N) is 1. The van der Waals surface area contributed by atoms with E-state index in [9.17, 15) is 0 Å². The van der Waals surface area contributed by atoms with Gasteiger partial charge in [0.05, 0.1) is 7.11 Å². The van der Waals surface area contributed by atoms with Gasteiger partial charge in [-0.25, -0.2) is 4.98 Å². The van der Waals surface area contributed by atoms with Crippen molar-refractivity contribution in [3.05, 3.63) is 30.5 Å². The molecule has 0 fully saturated rings. The van der Waals surface area contributed by atoms with Gasteiger partial charge in [0.2, 0.25) is 0 Å². The van der Waals surface area contributed by atoms with Crippen LogP contribution in [-0.2, 0) is 0 Å². The number of nitrogens with zero attached hydrogens (tertiary/aromatic N) is 1. The molecule has 4 heteroatoms. The molecule has 102 valence electrons. The van der Waals surface area contributed by atoms with Crippen molar-refractivity contribution >= 4 is 28.4 Å². The van der Waals surface area contributed by atoms with Crippen molar-refractivity contribution in [2.24, 2.45) is 0 Å². The van der Waals surface area contributed by atoms with E-state index in [0.29, 0.717) is 6.04 Å². The zero-order chi connectivity index (χ0) is 13.7. The van der Waals surface area contributed by atoms with Gasteiger partial charge in [0.1, 0.15) is 11.6 Å². The Bertz CT molecular complexity index is 545. The lowest BCUT2D eigenvalue weighted by Crippen LogP contribution is -2.19. The van der Waals surface area contributed by atoms with Crippen LogP contribution in [-0.4, -0.2) is 29.6 Å². The number of pyridine rings is 1. The molecule has 1 unspecified atom stereocenters. The fraction of sp³-hybridized carbons (Fsp3) is 0.400. The quantitative estimate of drug-likeness (QED) is 0.870. The fourth-order valence-corrected chi connectivity index (χ4v) is 2.64. The maximum Gasteiger partial charge on any atom is 0.134 e. The van der Waals surface area contributed by atoms with Crippen LogP contribution in [0.25, 0.3) is 10.8 Å². The van der Waals surface area contributed by atoms with E-state index in [0.717, 1.165) is 33.8 Å². The summed E-state index contributed by atoms with van der Waals surface area (Å²) in [6.45, 7) is 4.37. The molecule has 1 N–H and O–H groups in total. The molecule has 0 aliphatic rings. The molecule has 19 heavy (non-hydrogen) atoms. The van der Waals surface area contributed by atoms with Crippen LogP contribution < -0.4 is 10.1 Å². The summed E-state index contributed by atoms with van der Waals surface area (Å²) >= 11 is 1.94. The van der Waals surface area contributed by atoms with E-state index in [1.807, 2.05) is 36.2 Å². The molecule has 1 heterocycles. The van der Waals surface area contributed by atoms with Crippen LogP contribution in [0.15, 0.2) is 30.5 Å². The minimum Gasteiger partial charge on any atom is -0.497 e. The first-order chi connectivity index (χ1) is 9.24. The van der Waals surface area contributed by atoms with E-state index in [-0.39, 0.29) is 0 Å². The summed E-state index contributed by atoms with van der Waals surface area (Å²) in [5.74, 6) is 4.06. The van der Waals surface area contributed by atoms with Crippen molar-refractivity contribution < 1.29 is 4.74 Å². The fourth-order valence-electron chi connectivity index (χ4n) is 1.97. The number of methoxy groups -OCH3 is 1. The van der Waals surface area contributed by atoms with Gasteiger partial charge in [0.25, 0.3) is 0 Å². The molecule has 0 saturated carbocycles. The van der Waals surface area contributed by atoms with Gasteiger partial charge in [-0.15, -0.1) is 0 Å². The summed E-state index contributed by atoms with van der Waals surface area (Å²) < 4.78 is 5.25. The highest BCUT2D eigenvalue weighted by Crippen LogP contribution is 2.25. The van der Waals surface area contributed by atoms with Crippen LogP contribution in [0.4, 0.5) is 5.82 Å². The lowest BCUT2D eigenvalue weighted by molar-refractivity contribution is 0.415. The van der Waals surface area contributed by atoms with Crippen molar-refractivity contribution in [2.75, 3.05) is 23.9 Å². The Balaban J connectivity index is 2.23. The number of aromatic nitrogens is 1. The number of fused-ring (bicyclic) bond motifs is 1. The summed E-state index contributed by atoms with van der Waals surface area (Å²) in [6.07, 6.45) is 1.84. The van der Waals surface area contributed by atoms with E-state index in [1.165, 1.54) is 0 Å². The molecule has 0 spiro atoms. The third kappa shape index (κ3) is 3.53. The van der Waals surface area contributed by atoms with Crippen LogP contribution in [0.1, 0.15) is 13.8 Å². The Labute approximate surface area is 118 Å². The Morgan fingerprint density at radius 1 is 1.37 bits per heavy atom. The molecule has 2 rings (SSSR count). The smallest absolute Gasteiger partial charge is 0.134 e. The minimum atomic E-state index is 0.408. The molecule has 0 aliphatic heterocycles. The number of ether oxygens (including phenoxy) is 1. The Hall–Kier alpha value is -1.42. The normalized spacial score (nSPS) is 12.4. The van der Waals surface area contributed by atoms with Crippen LogP contribution in [0.5, 0.6) is 5.75 Å². The molecular formula is C15H20N2OS. The van der Waals surface area contributed by atoms with Gasteiger partial charge in [-0.3, -0.25) is 0 Å². The highest BCUT2D eigenvalue weighted by molar-refractivity contribution is 7.99. The maximum atomic E-state index is 5.25. The first-order valence-corrected chi connectivity index (χ1v) is 7.67. The highest BCUT2D eigenvalue weighted by atomic mass is 32.2. The standard InChI is InChI=1S/C15H20N2OS/c1-4-19-10-11(2)17-15-14-6-5-13(18-3)9-12(14)7-8-16-15/h5-9,11H,4,10H2,1-3H3,(H,16,17). The molecular weight excluding hydrogens is 256 g/mol. The summed E-state index contributed by atoms with van der Waals surface area (Å²) in [5, 5.41) is 5.77. The lowest BCUT2D eigenvalue weighted by atomic mass is 10.1. The largest absolute Gasteiger partial charge is 0.497 e. The monoisotopic (exact) mass is 276 g/mol. The molecule has 1 aromatic heterocycles. The second kappa shape index (κ2) is 6.66. The lowest BCUT2D eigenvalue weighted by Gasteiger charge is -2.15. The Kier molecular flexibility index (Phi) is 4.91. The molecule has 1 aromatic carbocycles. The first kappa shape index (κ1) is 14.0. The molecule has 1 atom stereocenters. The van der Waals surface area contributed by atoms with Gasteiger partial charge >= 0.3 is 0 Å². The van der Waals surface area contributed by atoms with Crippen molar-refractivity contribution in [1.82, 2.24) is 4.98 Å². The number of anilines is 1.